The zero-order valence-corrected chi connectivity index (χ0v) is 11.4. The first-order valence-electron chi connectivity index (χ1n) is 4.96. The van der Waals surface area contributed by atoms with Gasteiger partial charge in [-0.05, 0) is 40.8 Å². The maximum atomic E-state index is 5.58. The van der Waals surface area contributed by atoms with E-state index in [1.165, 1.54) is 3.57 Å². The third-order valence-corrected chi connectivity index (χ3v) is 2.98. The Kier molecular flexibility index (Phi) is 3.65. The van der Waals surface area contributed by atoms with Gasteiger partial charge >= 0.3 is 0 Å². The van der Waals surface area contributed by atoms with Crippen LogP contribution < -0.4 is 4.74 Å². The van der Waals surface area contributed by atoms with Crippen molar-refractivity contribution in [2.75, 3.05) is 20.3 Å². The second-order valence-electron chi connectivity index (χ2n) is 3.43. The Balaban J connectivity index is 2.33. The summed E-state index contributed by atoms with van der Waals surface area (Å²) in [4.78, 5) is 0. The number of ether oxygens (including phenoxy) is 2. The quantitative estimate of drug-likeness (QED) is 0.636. The molecule has 0 aliphatic rings. The van der Waals surface area contributed by atoms with E-state index >= 15 is 0 Å². The second kappa shape index (κ2) is 5.01. The van der Waals surface area contributed by atoms with Crippen LogP contribution in [0.5, 0.6) is 5.88 Å². The van der Waals surface area contributed by atoms with Gasteiger partial charge in [-0.3, -0.25) is 4.68 Å². The first-order valence-corrected chi connectivity index (χ1v) is 6.04. The summed E-state index contributed by atoms with van der Waals surface area (Å²) in [5.74, 6) is 0.674. The summed E-state index contributed by atoms with van der Waals surface area (Å²) >= 11 is 2.28. The number of halogens is 1. The molecule has 1 aromatic carbocycles. The fourth-order valence-electron chi connectivity index (χ4n) is 1.53. The third-order valence-electron chi connectivity index (χ3n) is 2.30. The van der Waals surface area contributed by atoms with Crippen LogP contribution in [0.25, 0.3) is 10.9 Å². The minimum atomic E-state index is 0.522. The number of hydrogen-bond acceptors (Lipinski definition) is 3. The number of nitrogens with zero attached hydrogens (tertiary/aromatic N) is 2. The summed E-state index contributed by atoms with van der Waals surface area (Å²) < 4.78 is 13.5. The van der Waals surface area contributed by atoms with Gasteiger partial charge in [0.25, 0.3) is 0 Å². The van der Waals surface area contributed by atoms with Gasteiger partial charge in [0, 0.05) is 17.7 Å². The van der Waals surface area contributed by atoms with Crippen LogP contribution in [0.4, 0.5) is 0 Å². The third kappa shape index (κ3) is 2.30. The van der Waals surface area contributed by atoms with E-state index in [-0.39, 0.29) is 0 Å². The van der Waals surface area contributed by atoms with Crippen LogP contribution in [-0.4, -0.2) is 30.1 Å². The van der Waals surface area contributed by atoms with Crippen LogP contribution in [-0.2, 0) is 11.8 Å². The fraction of sp³-hybridized carbons (Fsp3) is 0.364. The monoisotopic (exact) mass is 332 g/mol. The number of methoxy groups -OCH3 is 1. The molecule has 2 rings (SSSR count). The maximum absolute atomic E-state index is 5.58. The Morgan fingerprint density at radius 2 is 2.19 bits per heavy atom. The van der Waals surface area contributed by atoms with Gasteiger partial charge in [-0.1, -0.05) is 0 Å². The zero-order valence-electron chi connectivity index (χ0n) is 9.24. The van der Waals surface area contributed by atoms with Gasteiger partial charge in [-0.25, -0.2) is 0 Å². The molecule has 1 aromatic heterocycles. The maximum Gasteiger partial charge on any atom is 0.240 e. The fourth-order valence-corrected chi connectivity index (χ4v) is 2.03. The number of fused-ring (bicyclic) bond motifs is 1. The SMILES string of the molecule is COCCOc1nn(C)c2ccc(I)cc12. The molecule has 0 N–H and O–H groups in total. The molecule has 2 aromatic rings. The topological polar surface area (TPSA) is 36.3 Å². The molecule has 5 heteroatoms. The van der Waals surface area contributed by atoms with Gasteiger partial charge in [0.2, 0.25) is 5.88 Å². The van der Waals surface area contributed by atoms with E-state index < -0.39 is 0 Å². The molecule has 0 unspecified atom stereocenters. The highest BCUT2D eigenvalue weighted by molar-refractivity contribution is 14.1. The van der Waals surface area contributed by atoms with Crippen LogP contribution in [0.1, 0.15) is 0 Å². The van der Waals surface area contributed by atoms with Gasteiger partial charge in [0.15, 0.2) is 0 Å². The average Bonchev–Trinajstić information content (AvgIpc) is 2.56. The first-order chi connectivity index (χ1) is 7.72. The van der Waals surface area contributed by atoms with E-state index in [9.17, 15) is 0 Å². The van der Waals surface area contributed by atoms with E-state index in [1.54, 1.807) is 7.11 Å². The van der Waals surface area contributed by atoms with Gasteiger partial charge in [0.1, 0.15) is 6.61 Å². The Morgan fingerprint density at radius 1 is 1.38 bits per heavy atom. The molecule has 4 nitrogen and oxygen atoms in total. The highest BCUT2D eigenvalue weighted by Crippen LogP contribution is 2.25. The highest BCUT2D eigenvalue weighted by atomic mass is 127. The summed E-state index contributed by atoms with van der Waals surface area (Å²) in [5, 5.41) is 5.38. The Bertz CT molecular complexity index is 496. The van der Waals surface area contributed by atoms with Crippen molar-refractivity contribution in [1.29, 1.82) is 0 Å². The molecular weight excluding hydrogens is 319 g/mol. The molecule has 0 bridgehead atoms. The van der Waals surface area contributed by atoms with Crippen LogP contribution in [0, 0.1) is 3.57 Å². The minimum absolute atomic E-state index is 0.522. The molecule has 0 amide bonds. The van der Waals surface area contributed by atoms with E-state index in [4.69, 9.17) is 9.47 Å². The molecule has 0 radical (unpaired) electrons. The highest BCUT2D eigenvalue weighted by Gasteiger charge is 2.09. The van der Waals surface area contributed by atoms with Crippen molar-refractivity contribution >= 4 is 33.5 Å². The van der Waals surface area contributed by atoms with Crippen molar-refractivity contribution in [1.82, 2.24) is 9.78 Å². The predicted octanol–water partition coefficient (Wildman–Crippen LogP) is 2.20. The molecule has 1 heterocycles. The Labute approximate surface area is 108 Å². The summed E-state index contributed by atoms with van der Waals surface area (Å²) in [5.41, 5.74) is 1.08. The lowest BCUT2D eigenvalue weighted by Crippen LogP contribution is -2.05. The normalized spacial score (nSPS) is 10.9. The van der Waals surface area contributed by atoms with Crippen LogP contribution in [0.3, 0.4) is 0 Å². The summed E-state index contributed by atoms with van der Waals surface area (Å²) in [7, 11) is 3.57. The number of rotatable bonds is 4. The minimum Gasteiger partial charge on any atom is -0.474 e. The molecule has 0 spiro atoms. The lowest BCUT2D eigenvalue weighted by molar-refractivity contribution is 0.144. The first kappa shape index (κ1) is 11.7. The van der Waals surface area contributed by atoms with Crippen molar-refractivity contribution in [2.24, 2.45) is 7.05 Å². The van der Waals surface area contributed by atoms with Crippen molar-refractivity contribution in [2.45, 2.75) is 0 Å². The van der Waals surface area contributed by atoms with Gasteiger partial charge in [-0.2, -0.15) is 0 Å². The van der Waals surface area contributed by atoms with Gasteiger partial charge in [-0.15, -0.1) is 5.10 Å². The van der Waals surface area contributed by atoms with E-state index in [0.717, 1.165) is 10.9 Å². The summed E-state index contributed by atoms with van der Waals surface area (Å²) in [6.07, 6.45) is 0. The second-order valence-corrected chi connectivity index (χ2v) is 4.68. The number of benzene rings is 1. The Morgan fingerprint density at radius 3 is 2.94 bits per heavy atom. The molecule has 0 aliphatic heterocycles. The van der Waals surface area contributed by atoms with E-state index in [0.29, 0.717) is 19.1 Å². The van der Waals surface area contributed by atoms with Gasteiger partial charge in [0.05, 0.1) is 17.5 Å². The number of aromatic nitrogens is 2. The van der Waals surface area contributed by atoms with Crippen molar-refractivity contribution in [3.8, 4) is 5.88 Å². The van der Waals surface area contributed by atoms with Crippen LogP contribution in [0.15, 0.2) is 18.2 Å². The molecule has 0 atom stereocenters. The average molecular weight is 332 g/mol. The van der Waals surface area contributed by atoms with Crippen molar-refractivity contribution in [3.05, 3.63) is 21.8 Å². The van der Waals surface area contributed by atoms with Gasteiger partial charge < -0.3 is 9.47 Å². The molecule has 86 valence electrons. The smallest absolute Gasteiger partial charge is 0.240 e. The molecule has 0 aliphatic carbocycles. The molecular formula is C11H13IN2O2. The van der Waals surface area contributed by atoms with E-state index in [1.807, 2.05) is 17.8 Å². The summed E-state index contributed by atoms with van der Waals surface area (Å²) in [6, 6.07) is 6.18. The molecule has 16 heavy (non-hydrogen) atoms. The molecule has 0 saturated carbocycles. The van der Waals surface area contributed by atoms with Crippen LogP contribution >= 0.6 is 22.6 Å². The standard InChI is InChI=1S/C11H13IN2O2/c1-14-10-4-3-8(12)7-9(10)11(13-14)16-6-5-15-2/h3-4,7H,5-6H2,1-2H3. The van der Waals surface area contributed by atoms with Crippen molar-refractivity contribution < 1.29 is 9.47 Å². The predicted molar refractivity (Wildman–Crippen MR) is 70.8 cm³/mol. The lowest BCUT2D eigenvalue weighted by atomic mass is 10.2. The van der Waals surface area contributed by atoms with E-state index in [2.05, 4.69) is 39.8 Å². The number of hydrogen-bond donors (Lipinski definition) is 0. The largest absolute Gasteiger partial charge is 0.474 e. The zero-order chi connectivity index (χ0) is 11.5. The molecule has 0 saturated heterocycles. The lowest BCUT2D eigenvalue weighted by Gasteiger charge is -2.01. The van der Waals surface area contributed by atoms with Crippen molar-refractivity contribution in [3.63, 3.8) is 0 Å². The number of aryl methyl sites for hydroxylation is 1. The van der Waals surface area contributed by atoms with Crippen LogP contribution in [0.2, 0.25) is 0 Å². The molecule has 0 fully saturated rings. The summed E-state index contributed by atoms with van der Waals surface area (Å²) in [6.45, 7) is 1.09. The Hall–Kier alpha value is -0.820.